The summed E-state index contributed by atoms with van der Waals surface area (Å²) >= 11 is 0. The summed E-state index contributed by atoms with van der Waals surface area (Å²) in [6, 6.07) is 12.2. The van der Waals surface area contributed by atoms with E-state index in [0.29, 0.717) is 31.1 Å². The number of ether oxygens (including phenoxy) is 2. The van der Waals surface area contributed by atoms with E-state index in [0.717, 1.165) is 53.5 Å². The number of carbonyl (C=O) groups excluding carboxylic acids is 1. The third-order valence-corrected chi connectivity index (χ3v) is 6.75. The number of nitrogens with one attached hydrogen (secondary N) is 1. The molecule has 34 heavy (non-hydrogen) atoms. The highest BCUT2D eigenvalue weighted by Crippen LogP contribution is 2.38. The van der Waals surface area contributed by atoms with Gasteiger partial charge in [-0.3, -0.25) is 9.69 Å². The number of fused-ring (bicyclic) bond motifs is 1. The zero-order valence-electron chi connectivity index (χ0n) is 19.5. The molecular formula is C26H28N4O4. The van der Waals surface area contributed by atoms with Crippen molar-refractivity contribution in [1.82, 2.24) is 9.47 Å². The van der Waals surface area contributed by atoms with Crippen molar-refractivity contribution in [2.75, 3.05) is 31.6 Å². The van der Waals surface area contributed by atoms with Gasteiger partial charge in [0.05, 0.1) is 24.9 Å². The van der Waals surface area contributed by atoms with Gasteiger partial charge >= 0.3 is 0 Å². The molecule has 0 unspecified atom stereocenters. The Hall–Kier alpha value is -3.70. The fourth-order valence-electron chi connectivity index (χ4n) is 4.90. The van der Waals surface area contributed by atoms with Crippen LogP contribution in [0.4, 0.5) is 5.82 Å². The number of benzene rings is 1. The first kappa shape index (κ1) is 22.1. The first-order valence-corrected chi connectivity index (χ1v) is 11.6. The molecule has 0 radical (unpaired) electrons. The molecule has 2 aromatic heterocycles. The van der Waals surface area contributed by atoms with Crippen LogP contribution in [0.25, 0.3) is 0 Å². The number of hydrogen-bond acceptors (Lipinski definition) is 6. The molecule has 2 aliphatic heterocycles. The Morgan fingerprint density at radius 3 is 2.79 bits per heavy atom. The summed E-state index contributed by atoms with van der Waals surface area (Å²) < 4.78 is 18.8. The highest BCUT2D eigenvalue weighted by molar-refractivity contribution is 5.93. The highest BCUT2D eigenvalue weighted by atomic mass is 16.6. The van der Waals surface area contributed by atoms with Crippen LogP contribution in [0.2, 0.25) is 0 Å². The van der Waals surface area contributed by atoms with Crippen molar-refractivity contribution in [2.45, 2.75) is 39.3 Å². The molecule has 1 N–H and O–H groups in total. The van der Waals surface area contributed by atoms with Gasteiger partial charge in [-0.2, -0.15) is 5.26 Å². The quantitative estimate of drug-likeness (QED) is 0.594. The average Bonchev–Trinajstić information content (AvgIpc) is 3.57. The molecule has 5 rings (SSSR count). The van der Waals surface area contributed by atoms with Crippen molar-refractivity contribution in [3.8, 4) is 17.6 Å². The molecule has 1 fully saturated rings. The molecule has 0 spiro atoms. The molecule has 0 saturated carbocycles. The maximum atomic E-state index is 13.2. The third kappa shape index (κ3) is 4.15. The Morgan fingerprint density at radius 2 is 2.03 bits per heavy atom. The molecule has 4 heterocycles. The number of rotatable bonds is 6. The topological polar surface area (TPSA) is 92.7 Å². The number of hydrogen-bond donors (Lipinski definition) is 1. The number of amides is 1. The molecule has 1 amide bonds. The van der Waals surface area contributed by atoms with E-state index in [4.69, 9.17) is 13.9 Å². The van der Waals surface area contributed by atoms with E-state index in [1.807, 2.05) is 42.7 Å². The number of likely N-dealkylation sites (tertiary alicyclic amines) is 1. The lowest BCUT2D eigenvalue weighted by Crippen LogP contribution is -2.33. The largest absolute Gasteiger partial charge is 0.486 e. The van der Waals surface area contributed by atoms with E-state index in [1.54, 1.807) is 6.26 Å². The second kappa shape index (κ2) is 9.27. The lowest BCUT2D eigenvalue weighted by atomic mass is 10.0. The summed E-state index contributed by atoms with van der Waals surface area (Å²) in [4.78, 5) is 15.4. The fourth-order valence-corrected chi connectivity index (χ4v) is 4.90. The molecule has 2 aliphatic rings. The Kier molecular flexibility index (Phi) is 6.03. The fraction of sp³-hybridized carbons (Fsp3) is 0.385. The second-order valence-electron chi connectivity index (χ2n) is 8.79. The Bertz CT molecular complexity index is 1240. The van der Waals surface area contributed by atoms with Gasteiger partial charge in [-0.25, -0.2) is 0 Å². The van der Waals surface area contributed by atoms with Crippen LogP contribution >= 0.6 is 0 Å². The van der Waals surface area contributed by atoms with E-state index in [2.05, 4.69) is 22.4 Å². The third-order valence-electron chi connectivity index (χ3n) is 6.75. The van der Waals surface area contributed by atoms with Crippen LogP contribution in [-0.2, 0) is 11.3 Å². The lowest BCUT2D eigenvalue weighted by Gasteiger charge is -2.26. The minimum absolute atomic E-state index is 0.135. The average molecular weight is 461 g/mol. The normalized spacial score (nSPS) is 17.5. The molecule has 0 bridgehead atoms. The van der Waals surface area contributed by atoms with Gasteiger partial charge in [0.15, 0.2) is 11.5 Å². The van der Waals surface area contributed by atoms with Crippen molar-refractivity contribution in [1.29, 1.82) is 5.26 Å². The lowest BCUT2D eigenvalue weighted by molar-refractivity contribution is -0.117. The van der Waals surface area contributed by atoms with Crippen LogP contribution in [0.15, 0.2) is 41.0 Å². The van der Waals surface area contributed by atoms with Gasteiger partial charge in [-0.15, -0.1) is 0 Å². The van der Waals surface area contributed by atoms with Crippen LogP contribution in [0.5, 0.6) is 11.5 Å². The van der Waals surface area contributed by atoms with E-state index in [9.17, 15) is 10.1 Å². The van der Waals surface area contributed by atoms with Gasteiger partial charge in [0.2, 0.25) is 5.91 Å². The molecule has 8 nitrogen and oxygen atoms in total. The second-order valence-corrected chi connectivity index (χ2v) is 8.79. The number of nitriles is 1. The first-order chi connectivity index (χ1) is 16.5. The van der Waals surface area contributed by atoms with Crippen molar-refractivity contribution in [2.24, 2.45) is 0 Å². The van der Waals surface area contributed by atoms with Gasteiger partial charge in [-0.1, -0.05) is 6.07 Å². The van der Waals surface area contributed by atoms with Crippen molar-refractivity contribution in [3.05, 3.63) is 64.7 Å². The molecule has 1 aromatic carbocycles. The Labute approximate surface area is 198 Å². The SMILES string of the molecule is Cc1c(C#N)c(NC(=O)CN2CCC[C@H]2c2ccc3c(c2)OCCO3)n(Cc2ccco2)c1C. The van der Waals surface area contributed by atoms with Gasteiger partial charge in [0, 0.05) is 11.7 Å². The van der Waals surface area contributed by atoms with E-state index < -0.39 is 0 Å². The molecule has 3 aromatic rings. The van der Waals surface area contributed by atoms with Crippen LogP contribution in [0.3, 0.4) is 0 Å². The molecule has 8 heteroatoms. The number of aromatic nitrogens is 1. The molecule has 0 aliphatic carbocycles. The maximum absolute atomic E-state index is 13.2. The number of anilines is 1. The van der Waals surface area contributed by atoms with Crippen LogP contribution in [0.1, 0.15) is 47.0 Å². The summed E-state index contributed by atoms with van der Waals surface area (Å²) in [7, 11) is 0. The van der Waals surface area contributed by atoms with Gasteiger partial charge in [0.25, 0.3) is 0 Å². The van der Waals surface area contributed by atoms with E-state index in [1.165, 1.54) is 0 Å². The van der Waals surface area contributed by atoms with Crippen LogP contribution in [0, 0.1) is 25.2 Å². The number of nitrogens with zero attached hydrogens (tertiary/aromatic N) is 3. The van der Waals surface area contributed by atoms with Crippen molar-refractivity contribution in [3.63, 3.8) is 0 Å². The summed E-state index contributed by atoms with van der Waals surface area (Å²) in [6.45, 7) is 6.49. The minimum atomic E-state index is -0.140. The standard InChI is InChI=1S/C26H28N4O4/c1-17-18(2)30(15-20-5-4-10-32-20)26(21(17)14-27)28-25(31)16-29-9-3-6-22(29)19-7-8-23-24(13-19)34-12-11-33-23/h4-5,7-8,10,13,22H,3,6,9,11-12,15-16H2,1-2H3,(H,28,31)/t22-/m0/s1. The number of furan rings is 1. The summed E-state index contributed by atoms with van der Waals surface area (Å²) in [5.41, 5.74) is 3.40. The van der Waals surface area contributed by atoms with Gasteiger partial charge < -0.3 is 23.8 Å². The van der Waals surface area contributed by atoms with Crippen molar-refractivity contribution < 1.29 is 18.7 Å². The van der Waals surface area contributed by atoms with Gasteiger partial charge in [0.1, 0.15) is 30.9 Å². The smallest absolute Gasteiger partial charge is 0.239 e. The summed E-state index contributed by atoms with van der Waals surface area (Å²) in [5, 5.41) is 12.8. The first-order valence-electron chi connectivity index (χ1n) is 11.6. The highest BCUT2D eigenvalue weighted by Gasteiger charge is 2.29. The maximum Gasteiger partial charge on any atom is 0.239 e. The Morgan fingerprint density at radius 1 is 1.21 bits per heavy atom. The monoisotopic (exact) mass is 460 g/mol. The van der Waals surface area contributed by atoms with Crippen LogP contribution in [-0.4, -0.2) is 41.7 Å². The predicted molar refractivity (Wildman–Crippen MR) is 126 cm³/mol. The minimum Gasteiger partial charge on any atom is -0.486 e. The van der Waals surface area contributed by atoms with Crippen LogP contribution < -0.4 is 14.8 Å². The Balaban J connectivity index is 1.34. The number of carbonyl (C=O) groups is 1. The summed E-state index contributed by atoms with van der Waals surface area (Å²) in [5.74, 6) is 2.68. The molecule has 1 saturated heterocycles. The summed E-state index contributed by atoms with van der Waals surface area (Å²) in [6.07, 6.45) is 3.61. The van der Waals surface area contributed by atoms with Crippen molar-refractivity contribution >= 4 is 11.7 Å². The molecule has 1 atom stereocenters. The predicted octanol–water partition coefficient (Wildman–Crippen LogP) is 4.16. The van der Waals surface area contributed by atoms with Gasteiger partial charge in [-0.05, 0) is 68.6 Å². The molecule has 176 valence electrons. The zero-order chi connectivity index (χ0) is 23.7. The molecular weight excluding hydrogens is 432 g/mol. The zero-order valence-corrected chi connectivity index (χ0v) is 19.5. The van der Waals surface area contributed by atoms with E-state index in [-0.39, 0.29) is 18.5 Å². The van der Waals surface area contributed by atoms with E-state index >= 15 is 0 Å².